The molecule has 1 aromatic heterocycles. The van der Waals surface area contributed by atoms with Gasteiger partial charge >= 0.3 is 6.01 Å². The van der Waals surface area contributed by atoms with Crippen LogP contribution in [-0.4, -0.2) is 83.6 Å². The molecule has 0 saturated carbocycles. The maximum absolute atomic E-state index is 16.7. The number of fused-ring (bicyclic) bond motifs is 6. The number of morpholine rings is 1. The molecular weight excluding hydrogens is 588 g/mol. The monoisotopic (exact) mass is 621 g/mol. The molecule has 3 aromatic carbocycles. The number of rotatable bonds is 7. The fourth-order valence-electron chi connectivity index (χ4n) is 7.55. The highest BCUT2D eigenvalue weighted by molar-refractivity contribution is 6.35. The molecule has 5 heterocycles. The number of ether oxygens (including phenoxy) is 2. The van der Waals surface area contributed by atoms with Gasteiger partial charge in [-0.05, 0) is 55.0 Å². The van der Waals surface area contributed by atoms with E-state index in [-0.39, 0.29) is 27.7 Å². The Morgan fingerprint density at radius 1 is 0.932 bits per heavy atom. The van der Waals surface area contributed by atoms with Crippen LogP contribution in [0, 0.1) is 11.6 Å². The standard InChI is InChI=1S/C33H34ClF2N5O3/c34-25-13-24-31(30(36)28(25)27-23-5-2-1-4-18(23)12-26(42)29(27)35)38-33(39-32(24)41-14-19-6-7-20(15-41)37-19)43-11-3-10-40-16-21-8-9-22(17-40)44-21/h1-2,4-5,12-13,19-22,37,42H,3,6-11,14-17H2. The molecule has 11 heteroatoms. The number of nitrogens with one attached hydrogen (secondary N) is 1. The maximum atomic E-state index is 16.7. The van der Waals surface area contributed by atoms with Gasteiger partial charge in [0, 0.05) is 61.3 Å². The van der Waals surface area contributed by atoms with E-state index in [2.05, 4.69) is 20.1 Å². The smallest absolute Gasteiger partial charge is 0.319 e. The summed E-state index contributed by atoms with van der Waals surface area (Å²) < 4.78 is 44.3. The van der Waals surface area contributed by atoms with Gasteiger partial charge in [-0.25, -0.2) is 8.78 Å². The molecule has 4 unspecified atom stereocenters. The van der Waals surface area contributed by atoms with Gasteiger partial charge < -0.3 is 24.8 Å². The van der Waals surface area contributed by atoms with E-state index >= 15 is 8.78 Å². The van der Waals surface area contributed by atoms with Crippen molar-refractivity contribution in [3.8, 4) is 22.9 Å². The van der Waals surface area contributed by atoms with Crippen molar-refractivity contribution in [2.45, 2.75) is 56.4 Å². The molecule has 2 N–H and O–H groups in total. The third-order valence-electron chi connectivity index (χ3n) is 9.54. The molecule has 4 aliphatic heterocycles. The number of nitrogens with zero attached hydrogens (tertiary/aromatic N) is 4. The molecule has 0 radical (unpaired) electrons. The van der Waals surface area contributed by atoms with Crippen molar-refractivity contribution in [1.29, 1.82) is 0 Å². The van der Waals surface area contributed by atoms with Crippen LogP contribution in [0.3, 0.4) is 0 Å². The van der Waals surface area contributed by atoms with Crippen molar-refractivity contribution in [3.63, 3.8) is 0 Å². The topological polar surface area (TPSA) is 83.0 Å². The number of aromatic nitrogens is 2. The second kappa shape index (κ2) is 11.2. The van der Waals surface area contributed by atoms with Crippen LogP contribution in [0.25, 0.3) is 32.8 Å². The number of aromatic hydroxyl groups is 1. The Morgan fingerprint density at radius 2 is 1.68 bits per heavy atom. The molecule has 8 nitrogen and oxygen atoms in total. The Kier molecular flexibility index (Phi) is 7.20. The zero-order valence-electron chi connectivity index (χ0n) is 24.2. The van der Waals surface area contributed by atoms with Crippen LogP contribution in [0.4, 0.5) is 14.6 Å². The average molecular weight is 622 g/mol. The first-order valence-corrected chi connectivity index (χ1v) is 15.9. The first-order chi connectivity index (χ1) is 21.4. The predicted octanol–water partition coefficient (Wildman–Crippen LogP) is 5.66. The van der Waals surface area contributed by atoms with Crippen LogP contribution in [-0.2, 0) is 4.74 Å². The van der Waals surface area contributed by atoms with Gasteiger partial charge in [-0.15, -0.1) is 0 Å². The first kappa shape index (κ1) is 28.2. The van der Waals surface area contributed by atoms with Crippen molar-refractivity contribution in [2.24, 2.45) is 0 Å². The van der Waals surface area contributed by atoms with E-state index < -0.39 is 17.4 Å². The minimum Gasteiger partial charge on any atom is -0.505 e. The molecule has 4 fully saturated rings. The number of phenols is 1. The largest absolute Gasteiger partial charge is 0.505 e. The number of halogens is 3. The molecule has 230 valence electrons. The summed E-state index contributed by atoms with van der Waals surface area (Å²) in [5.41, 5.74) is -0.249. The summed E-state index contributed by atoms with van der Waals surface area (Å²) in [6.07, 6.45) is 5.81. The van der Waals surface area contributed by atoms with Gasteiger partial charge in [0.15, 0.2) is 17.4 Å². The molecule has 4 atom stereocenters. The minimum absolute atomic E-state index is 0.00635. The van der Waals surface area contributed by atoms with Crippen LogP contribution in [0.2, 0.25) is 5.02 Å². The van der Waals surface area contributed by atoms with Gasteiger partial charge in [-0.2, -0.15) is 9.97 Å². The normalized spacial score (nSPS) is 24.9. The van der Waals surface area contributed by atoms with Crippen molar-refractivity contribution in [2.75, 3.05) is 44.2 Å². The molecule has 0 amide bonds. The van der Waals surface area contributed by atoms with Crippen LogP contribution in [0.15, 0.2) is 36.4 Å². The third kappa shape index (κ3) is 5.01. The molecule has 8 rings (SSSR count). The number of anilines is 1. The summed E-state index contributed by atoms with van der Waals surface area (Å²) in [6.45, 7) is 4.55. The van der Waals surface area contributed by atoms with Crippen molar-refractivity contribution in [3.05, 3.63) is 53.1 Å². The average Bonchev–Trinajstić information content (AvgIpc) is 3.55. The molecule has 0 spiro atoms. The number of phenolic OH excluding ortho intramolecular Hbond substituents is 1. The van der Waals surface area contributed by atoms with Gasteiger partial charge in [-0.1, -0.05) is 35.9 Å². The van der Waals surface area contributed by atoms with Crippen molar-refractivity contribution in [1.82, 2.24) is 20.2 Å². The maximum Gasteiger partial charge on any atom is 0.319 e. The summed E-state index contributed by atoms with van der Waals surface area (Å²) in [7, 11) is 0. The lowest BCUT2D eigenvalue weighted by molar-refractivity contribution is -0.0391. The third-order valence-corrected chi connectivity index (χ3v) is 9.84. The van der Waals surface area contributed by atoms with Crippen LogP contribution in [0.5, 0.6) is 11.8 Å². The molecule has 4 aromatic rings. The van der Waals surface area contributed by atoms with E-state index in [4.69, 9.17) is 26.1 Å². The highest BCUT2D eigenvalue weighted by Gasteiger charge is 2.35. The predicted molar refractivity (Wildman–Crippen MR) is 166 cm³/mol. The molecular formula is C33H34ClF2N5O3. The highest BCUT2D eigenvalue weighted by atomic mass is 35.5. The van der Waals surface area contributed by atoms with Gasteiger partial charge in [0.2, 0.25) is 0 Å². The Morgan fingerprint density at radius 3 is 2.45 bits per heavy atom. The Labute approximate surface area is 258 Å². The first-order valence-electron chi connectivity index (χ1n) is 15.5. The molecule has 44 heavy (non-hydrogen) atoms. The fourth-order valence-corrected chi connectivity index (χ4v) is 7.84. The van der Waals surface area contributed by atoms with Gasteiger partial charge in [0.1, 0.15) is 11.3 Å². The Hall–Kier alpha value is -3.31. The van der Waals surface area contributed by atoms with Gasteiger partial charge in [-0.3, -0.25) is 4.90 Å². The summed E-state index contributed by atoms with van der Waals surface area (Å²) in [4.78, 5) is 13.9. The quantitative estimate of drug-likeness (QED) is 0.256. The molecule has 4 bridgehead atoms. The number of likely N-dealkylation sites (tertiary alicyclic amines) is 1. The number of benzene rings is 3. The van der Waals surface area contributed by atoms with E-state index in [1.54, 1.807) is 30.3 Å². The lowest BCUT2D eigenvalue weighted by Gasteiger charge is -2.34. The lowest BCUT2D eigenvalue weighted by Crippen LogP contribution is -2.51. The van der Waals surface area contributed by atoms with Crippen LogP contribution >= 0.6 is 11.6 Å². The number of piperazine rings is 1. The van der Waals surface area contributed by atoms with Crippen molar-refractivity contribution < 1.29 is 23.4 Å². The lowest BCUT2D eigenvalue weighted by atomic mass is 9.95. The zero-order valence-corrected chi connectivity index (χ0v) is 25.0. The summed E-state index contributed by atoms with van der Waals surface area (Å²) >= 11 is 6.77. The number of hydrogen-bond acceptors (Lipinski definition) is 8. The van der Waals surface area contributed by atoms with Crippen molar-refractivity contribution >= 4 is 39.1 Å². The van der Waals surface area contributed by atoms with E-state index in [9.17, 15) is 5.11 Å². The second-order valence-electron chi connectivity index (χ2n) is 12.5. The van der Waals surface area contributed by atoms with E-state index in [1.165, 1.54) is 6.07 Å². The molecule has 4 saturated heterocycles. The van der Waals surface area contributed by atoms with Gasteiger partial charge in [0.25, 0.3) is 0 Å². The molecule has 0 aliphatic carbocycles. The SMILES string of the molecule is Oc1cc2ccccc2c(-c2c(Cl)cc3c(N4CC5CCC(C4)N5)nc(OCCCN4CC5CCC(C4)O5)nc3c2F)c1F. The fraction of sp³-hybridized carbons (Fsp3) is 0.455. The van der Waals surface area contributed by atoms with Crippen LogP contribution < -0.4 is 15.0 Å². The number of hydrogen-bond donors (Lipinski definition) is 2. The Bertz CT molecular complexity index is 1730. The second-order valence-corrected chi connectivity index (χ2v) is 12.9. The summed E-state index contributed by atoms with van der Waals surface area (Å²) in [5.74, 6) is -1.74. The van der Waals surface area contributed by atoms with Crippen LogP contribution in [0.1, 0.15) is 32.1 Å². The Balaban J connectivity index is 1.17. The van der Waals surface area contributed by atoms with Gasteiger partial charge in [0.05, 0.1) is 23.8 Å². The zero-order chi connectivity index (χ0) is 29.9. The summed E-state index contributed by atoms with van der Waals surface area (Å²) in [6, 6.07) is 10.6. The van der Waals surface area contributed by atoms with E-state index in [1.807, 2.05) is 0 Å². The highest BCUT2D eigenvalue weighted by Crippen LogP contribution is 2.44. The van der Waals surface area contributed by atoms with E-state index in [0.717, 1.165) is 51.7 Å². The van der Waals surface area contributed by atoms with E-state index in [0.29, 0.717) is 66.0 Å². The molecule has 4 aliphatic rings. The minimum atomic E-state index is -0.940. The summed E-state index contributed by atoms with van der Waals surface area (Å²) in [5, 5.41) is 15.5.